The van der Waals surface area contributed by atoms with Crippen molar-refractivity contribution in [3.05, 3.63) is 58.4 Å². The van der Waals surface area contributed by atoms with Crippen LogP contribution in [0.4, 0.5) is 17.1 Å². The smallest absolute Gasteiger partial charge is 0.235 e. The van der Waals surface area contributed by atoms with Gasteiger partial charge in [0.05, 0.1) is 16.6 Å². The van der Waals surface area contributed by atoms with Crippen LogP contribution >= 0.6 is 27.5 Å². The van der Waals surface area contributed by atoms with Gasteiger partial charge in [-0.2, -0.15) is 0 Å². The minimum atomic E-state index is -3.46. The Balaban J connectivity index is 1.84. The molecule has 9 heteroatoms. The number of halogens is 2. The summed E-state index contributed by atoms with van der Waals surface area (Å²) >= 11 is 10.0. The summed E-state index contributed by atoms with van der Waals surface area (Å²) in [5.74, 6) is 0. The maximum absolute atomic E-state index is 12.5. The quantitative estimate of drug-likeness (QED) is 0.532. The topological polar surface area (TPSA) is 75.5 Å². The second-order valence-corrected chi connectivity index (χ2v) is 9.55. The van der Waals surface area contributed by atoms with Crippen LogP contribution in [0.3, 0.4) is 0 Å². The lowest BCUT2D eigenvalue weighted by atomic mass is 10.1. The summed E-state index contributed by atoms with van der Waals surface area (Å²) in [6, 6.07) is 5.66. The van der Waals surface area contributed by atoms with Crippen LogP contribution in [-0.4, -0.2) is 23.1 Å². The van der Waals surface area contributed by atoms with Gasteiger partial charge >= 0.3 is 0 Å². The first-order valence-corrected chi connectivity index (χ1v) is 11.0. The van der Waals surface area contributed by atoms with Crippen LogP contribution in [0.2, 0.25) is 5.02 Å². The van der Waals surface area contributed by atoms with Gasteiger partial charge in [-0.1, -0.05) is 40.2 Å². The molecule has 0 radical (unpaired) electrons. The van der Waals surface area contributed by atoms with Gasteiger partial charge in [-0.05, 0) is 36.6 Å². The molecule has 3 aromatic rings. The summed E-state index contributed by atoms with van der Waals surface area (Å²) in [7, 11) is -3.46. The maximum atomic E-state index is 12.5. The largest absolute Gasteiger partial charge is 0.352 e. The summed E-state index contributed by atoms with van der Waals surface area (Å²) in [6.07, 6.45) is 8.05. The van der Waals surface area contributed by atoms with E-state index >= 15 is 0 Å². The molecule has 6 nitrogen and oxygen atoms in total. The Morgan fingerprint density at radius 3 is 2.81 bits per heavy atom. The van der Waals surface area contributed by atoms with Crippen LogP contribution in [-0.2, 0) is 10.0 Å². The summed E-state index contributed by atoms with van der Waals surface area (Å²) in [4.78, 5) is 4.25. The van der Waals surface area contributed by atoms with Crippen LogP contribution < -0.4 is 10.0 Å². The van der Waals surface area contributed by atoms with Crippen LogP contribution in [0.1, 0.15) is 18.4 Å². The fourth-order valence-corrected chi connectivity index (χ4v) is 4.85. The zero-order valence-corrected chi connectivity index (χ0v) is 17.3. The number of nitrogens with zero attached hydrogens (tertiary/aromatic N) is 2. The summed E-state index contributed by atoms with van der Waals surface area (Å²) in [5, 5.41) is 3.23. The van der Waals surface area contributed by atoms with Gasteiger partial charge in [0.15, 0.2) is 5.65 Å². The van der Waals surface area contributed by atoms with E-state index in [1.165, 1.54) is 0 Å². The summed E-state index contributed by atoms with van der Waals surface area (Å²) < 4.78 is 30.3. The number of pyridine rings is 1. The first-order valence-electron chi connectivity index (χ1n) is 8.25. The van der Waals surface area contributed by atoms with Crippen molar-refractivity contribution in [2.45, 2.75) is 18.1 Å². The van der Waals surface area contributed by atoms with E-state index in [1.54, 1.807) is 29.1 Å². The molecule has 0 unspecified atom stereocenters. The van der Waals surface area contributed by atoms with E-state index < -0.39 is 10.0 Å². The molecule has 140 valence electrons. The van der Waals surface area contributed by atoms with Crippen LogP contribution in [0.25, 0.3) is 11.7 Å². The van der Waals surface area contributed by atoms with Crippen molar-refractivity contribution in [2.75, 3.05) is 10.0 Å². The number of fused-ring (bicyclic) bond motifs is 1. The normalized spacial score (nSPS) is 14.3. The van der Waals surface area contributed by atoms with E-state index in [0.717, 1.165) is 15.7 Å². The molecule has 2 N–H and O–H groups in total. The van der Waals surface area contributed by atoms with E-state index in [4.69, 9.17) is 11.6 Å². The predicted octanol–water partition coefficient (Wildman–Crippen LogP) is 5.04. The Hall–Kier alpha value is -2.03. The van der Waals surface area contributed by atoms with Crippen molar-refractivity contribution < 1.29 is 8.42 Å². The van der Waals surface area contributed by atoms with Gasteiger partial charge in [-0.25, -0.2) is 13.4 Å². The molecule has 0 saturated heterocycles. The monoisotopic (exact) mass is 466 g/mol. The number of hydrogen-bond acceptors (Lipinski definition) is 4. The lowest BCUT2D eigenvalue weighted by Gasteiger charge is -2.18. The molecule has 2 heterocycles. The third-order valence-corrected chi connectivity index (χ3v) is 7.04. The lowest BCUT2D eigenvalue weighted by Crippen LogP contribution is -2.18. The highest BCUT2D eigenvalue weighted by Crippen LogP contribution is 2.39. The average molecular weight is 468 g/mol. The van der Waals surface area contributed by atoms with Gasteiger partial charge in [0.2, 0.25) is 10.0 Å². The van der Waals surface area contributed by atoms with Crippen LogP contribution in [0, 0.1) is 0 Å². The molecule has 1 aromatic carbocycles. The first kappa shape index (κ1) is 18.3. The number of anilines is 3. The molecular formula is C18H16BrClN4O2S. The Morgan fingerprint density at radius 2 is 2.11 bits per heavy atom. The molecule has 2 aromatic heterocycles. The van der Waals surface area contributed by atoms with Gasteiger partial charge in [0.1, 0.15) is 5.02 Å². The molecule has 4 rings (SSSR count). The zero-order valence-electron chi connectivity index (χ0n) is 14.1. The third kappa shape index (κ3) is 3.56. The van der Waals surface area contributed by atoms with Crippen molar-refractivity contribution in [1.29, 1.82) is 0 Å². The highest BCUT2D eigenvalue weighted by atomic mass is 79.9. The fraction of sp³-hybridized carbons (Fsp3) is 0.167. The molecule has 1 fully saturated rings. The number of hydrogen-bond donors (Lipinski definition) is 2. The number of sulfonamides is 1. The van der Waals surface area contributed by atoms with Crippen molar-refractivity contribution in [3.8, 4) is 0 Å². The van der Waals surface area contributed by atoms with E-state index in [0.29, 0.717) is 34.9 Å². The number of imidazole rings is 1. The molecule has 1 aliphatic carbocycles. The molecule has 0 amide bonds. The highest BCUT2D eigenvalue weighted by molar-refractivity contribution is 9.10. The minimum Gasteiger partial charge on any atom is -0.352 e. The van der Waals surface area contributed by atoms with E-state index in [-0.39, 0.29) is 5.25 Å². The summed E-state index contributed by atoms with van der Waals surface area (Å²) in [6.45, 7) is 3.83. The van der Waals surface area contributed by atoms with Crippen molar-refractivity contribution >= 4 is 66.3 Å². The number of aromatic nitrogens is 2. The van der Waals surface area contributed by atoms with Crippen LogP contribution in [0.15, 0.2) is 47.8 Å². The van der Waals surface area contributed by atoms with Gasteiger partial charge in [0, 0.05) is 28.8 Å². The van der Waals surface area contributed by atoms with Gasteiger partial charge in [0.25, 0.3) is 0 Å². The second kappa shape index (κ2) is 6.85. The number of benzene rings is 1. The van der Waals surface area contributed by atoms with Crippen molar-refractivity contribution in [2.24, 2.45) is 0 Å². The molecule has 1 aliphatic rings. The maximum Gasteiger partial charge on any atom is 0.235 e. The molecular weight excluding hydrogens is 452 g/mol. The highest BCUT2D eigenvalue weighted by Gasteiger charge is 2.36. The van der Waals surface area contributed by atoms with Gasteiger partial charge in [-0.3, -0.25) is 4.72 Å². The molecule has 0 bridgehead atoms. The second-order valence-electron chi connectivity index (χ2n) is 6.30. The van der Waals surface area contributed by atoms with E-state index in [2.05, 4.69) is 37.5 Å². The SMILES string of the molecule is C=Cc1cc(Br)ccc1Nc1c(NS(=O)(=O)C2CC2)cn2ccnc2c1Cl. The standard InChI is InChI=1S/C18H16BrClN4O2S/c1-2-11-9-12(19)3-6-14(11)22-17-15(23-27(25,26)13-4-5-13)10-24-8-7-21-18(24)16(17)20/h2-3,6-10,13,22-23H,1,4-5H2. The fourth-order valence-electron chi connectivity index (χ4n) is 2.79. The Kier molecular flexibility index (Phi) is 4.65. The molecule has 1 saturated carbocycles. The number of rotatable bonds is 6. The molecule has 0 atom stereocenters. The van der Waals surface area contributed by atoms with Gasteiger partial charge < -0.3 is 9.72 Å². The van der Waals surface area contributed by atoms with E-state index in [1.807, 2.05) is 18.2 Å². The summed E-state index contributed by atoms with van der Waals surface area (Å²) in [5.41, 5.74) is 2.95. The minimum absolute atomic E-state index is 0.328. The van der Waals surface area contributed by atoms with Crippen molar-refractivity contribution in [1.82, 2.24) is 9.38 Å². The average Bonchev–Trinajstić information content (AvgIpc) is 3.39. The lowest BCUT2D eigenvalue weighted by molar-refractivity contribution is 0.600. The predicted molar refractivity (Wildman–Crippen MR) is 113 cm³/mol. The number of nitrogens with one attached hydrogen (secondary N) is 2. The zero-order chi connectivity index (χ0) is 19.2. The first-order chi connectivity index (χ1) is 12.9. The Morgan fingerprint density at radius 1 is 1.33 bits per heavy atom. The Labute approximate surface area is 170 Å². The molecule has 0 spiro atoms. The van der Waals surface area contributed by atoms with Crippen molar-refractivity contribution in [3.63, 3.8) is 0 Å². The van der Waals surface area contributed by atoms with E-state index in [9.17, 15) is 8.42 Å². The van der Waals surface area contributed by atoms with Gasteiger partial charge in [-0.15, -0.1) is 0 Å². The third-order valence-electron chi connectivity index (χ3n) is 4.33. The van der Waals surface area contributed by atoms with Crippen LogP contribution in [0.5, 0.6) is 0 Å². The molecule has 0 aliphatic heterocycles. The Bertz CT molecular complexity index is 1160. The molecule has 27 heavy (non-hydrogen) atoms.